The molecule has 0 unspecified atom stereocenters. The Morgan fingerprint density at radius 3 is 2.92 bits per heavy atom. The molecule has 3 nitrogen and oxygen atoms in total. The first-order valence-corrected chi connectivity index (χ1v) is 3.94. The highest BCUT2D eigenvalue weighted by Gasteiger charge is 2.26. The van der Waals surface area contributed by atoms with Crippen molar-refractivity contribution in [3.05, 3.63) is 33.7 Å². The molecule has 0 spiro atoms. The molecule has 1 saturated carbocycles. The van der Waals surface area contributed by atoms with E-state index in [4.69, 9.17) is 5.26 Å². The predicted octanol–water partition coefficient (Wildman–Crippen LogP) is 1.12. The molecule has 3 heteroatoms. The molecule has 0 aromatic carbocycles. The van der Waals surface area contributed by atoms with E-state index in [-0.39, 0.29) is 5.56 Å². The highest BCUT2D eigenvalue weighted by atomic mass is 16.1. The summed E-state index contributed by atoms with van der Waals surface area (Å²) in [6.45, 7) is 0. The maximum atomic E-state index is 11.1. The Balaban J connectivity index is 2.60. The molecule has 1 N–H and O–H groups in total. The van der Waals surface area contributed by atoms with E-state index in [1.54, 1.807) is 6.20 Å². The van der Waals surface area contributed by atoms with Crippen LogP contribution >= 0.6 is 0 Å². The first kappa shape index (κ1) is 7.11. The maximum absolute atomic E-state index is 11.1. The van der Waals surface area contributed by atoms with Crippen molar-refractivity contribution >= 4 is 0 Å². The van der Waals surface area contributed by atoms with Gasteiger partial charge in [0.15, 0.2) is 0 Å². The van der Waals surface area contributed by atoms with Gasteiger partial charge in [-0.2, -0.15) is 5.26 Å². The number of hydrogen-bond acceptors (Lipinski definition) is 2. The fourth-order valence-electron chi connectivity index (χ4n) is 1.34. The van der Waals surface area contributed by atoms with Gasteiger partial charge in [0, 0.05) is 6.20 Å². The van der Waals surface area contributed by atoms with Crippen LogP contribution in [0.1, 0.15) is 29.9 Å². The van der Waals surface area contributed by atoms with Crippen LogP contribution in [-0.2, 0) is 0 Å². The topological polar surface area (TPSA) is 56.6 Å². The summed E-state index contributed by atoms with van der Waals surface area (Å²) in [6.07, 6.45) is 3.83. The lowest BCUT2D eigenvalue weighted by atomic mass is 10.1. The number of nitrogens with zero attached hydrogens (tertiary/aromatic N) is 1. The van der Waals surface area contributed by atoms with Gasteiger partial charge < -0.3 is 4.98 Å². The van der Waals surface area contributed by atoms with Crippen LogP contribution in [0.25, 0.3) is 0 Å². The van der Waals surface area contributed by atoms with Crippen LogP contribution < -0.4 is 5.56 Å². The standard InChI is InChI=1S/C9H8N2O/c10-5-8-7(6-1-2-6)3-4-11-9(8)12/h3-4,6H,1-2H2,(H,11,12). The summed E-state index contributed by atoms with van der Waals surface area (Å²) in [7, 11) is 0. The van der Waals surface area contributed by atoms with Gasteiger partial charge in [-0.3, -0.25) is 4.79 Å². The van der Waals surface area contributed by atoms with Crippen molar-refractivity contribution in [2.75, 3.05) is 0 Å². The quantitative estimate of drug-likeness (QED) is 0.669. The molecule has 1 heterocycles. The largest absolute Gasteiger partial charge is 0.328 e. The van der Waals surface area contributed by atoms with E-state index in [1.165, 1.54) is 0 Å². The molecule has 0 aliphatic heterocycles. The molecule has 1 aliphatic carbocycles. The summed E-state index contributed by atoms with van der Waals surface area (Å²) < 4.78 is 0. The molecular weight excluding hydrogens is 152 g/mol. The van der Waals surface area contributed by atoms with E-state index >= 15 is 0 Å². The molecule has 2 rings (SSSR count). The van der Waals surface area contributed by atoms with Crippen LogP contribution in [0.5, 0.6) is 0 Å². The minimum atomic E-state index is -0.262. The van der Waals surface area contributed by atoms with Crippen molar-refractivity contribution in [2.45, 2.75) is 18.8 Å². The summed E-state index contributed by atoms with van der Waals surface area (Å²) in [5, 5.41) is 8.71. The Bertz CT molecular complexity index is 396. The number of aromatic nitrogens is 1. The van der Waals surface area contributed by atoms with E-state index in [0.717, 1.165) is 18.4 Å². The summed E-state index contributed by atoms with van der Waals surface area (Å²) in [5.41, 5.74) is 0.947. The number of hydrogen-bond donors (Lipinski definition) is 1. The minimum absolute atomic E-state index is 0.262. The second-order valence-corrected chi connectivity index (χ2v) is 3.02. The summed E-state index contributed by atoms with van der Waals surface area (Å²) in [6, 6.07) is 3.77. The van der Waals surface area contributed by atoms with Crippen LogP contribution in [0.4, 0.5) is 0 Å². The van der Waals surface area contributed by atoms with E-state index in [2.05, 4.69) is 4.98 Å². The Hall–Kier alpha value is -1.56. The molecule has 1 aromatic rings. The van der Waals surface area contributed by atoms with Gasteiger partial charge in [-0.1, -0.05) is 0 Å². The van der Waals surface area contributed by atoms with Gasteiger partial charge in [-0.05, 0) is 30.4 Å². The second kappa shape index (κ2) is 2.49. The zero-order chi connectivity index (χ0) is 8.55. The third-order valence-electron chi connectivity index (χ3n) is 2.12. The average molecular weight is 160 g/mol. The fraction of sp³-hybridized carbons (Fsp3) is 0.333. The molecule has 1 aliphatic rings. The smallest absolute Gasteiger partial charge is 0.266 e. The van der Waals surface area contributed by atoms with Gasteiger partial charge in [0.05, 0.1) is 0 Å². The third kappa shape index (κ3) is 1.02. The number of nitrogens with one attached hydrogen (secondary N) is 1. The molecular formula is C9H8N2O. The molecule has 0 amide bonds. The summed E-state index contributed by atoms with van der Waals surface area (Å²) in [5.74, 6) is 0.460. The fourth-order valence-corrected chi connectivity index (χ4v) is 1.34. The zero-order valence-electron chi connectivity index (χ0n) is 6.50. The van der Waals surface area contributed by atoms with Crippen LogP contribution in [0.15, 0.2) is 17.1 Å². The van der Waals surface area contributed by atoms with Gasteiger partial charge in [0.1, 0.15) is 11.6 Å². The van der Waals surface area contributed by atoms with Crippen molar-refractivity contribution in [3.8, 4) is 6.07 Å². The van der Waals surface area contributed by atoms with Crippen molar-refractivity contribution in [1.29, 1.82) is 5.26 Å². The van der Waals surface area contributed by atoms with Crippen molar-refractivity contribution < 1.29 is 0 Å². The number of rotatable bonds is 1. The van der Waals surface area contributed by atoms with Crippen LogP contribution in [0.3, 0.4) is 0 Å². The maximum Gasteiger partial charge on any atom is 0.266 e. The third-order valence-corrected chi connectivity index (χ3v) is 2.12. The predicted molar refractivity (Wildman–Crippen MR) is 43.8 cm³/mol. The first-order chi connectivity index (χ1) is 5.83. The minimum Gasteiger partial charge on any atom is -0.328 e. The van der Waals surface area contributed by atoms with E-state index in [0.29, 0.717) is 11.5 Å². The summed E-state index contributed by atoms with van der Waals surface area (Å²) >= 11 is 0. The van der Waals surface area contributed by atoms with E-state index in [1.807, 2.05) is 12.1 Å². The second-order valence-electron chi connectivity index (χ2n) is 3.02. The SMILES string of the molecule is N#Cc1c(C2CC2)cc[nH]c1=O. The molecule has 1 aromatic heterocycles. The van der Waals surface area contributed by atoms with Crippen LogP contribution in [0.2, 0.25) is 0 Å². The molecule has 0 atom stereocenters. The van der Waals surface area contributed by atoms with Crippen molar-refractivity contribution in [2.24, 2.45) is 0 Å². The number of nitriles is 1. The molecule has 0 bridgehead atoms. The number of aromatic amines is 1. The van der Waals surface area contributed by atoms with E-state index < -0.39 is 0 Å². The Morgan fingerprint density at radius 2 is 2.33 bits per heavy atom. The van der Waals surface area contributed by atoms with Crippen molar-refractivity contribution in [3.63, 3.8) is 0 Å². The average Bonchev–Trinajstić information content (AvgIpc) is 2.86. The lowest BCUT2D eigenvalue weighted by molar-refractivity contribution is 1.07. The van der Waals surface area contributed by atoms with Crippen LogP contribution in [0, 0.1) is 11.3 Å². The Morgan fingerprint density at radius 1 is 1.58 bits per heavy atom. The highest BCUT2D eigenvalue weighted by Crippen LogP contribution is 2.40. The number of pyridine rings is 1. The lowest BCUT2D eigenvalue weighted by Crippen LogP contribution is -2.11. The molecule has 60 valence electrons. The van der Waals surface area contributed by atoms with Gasteiger partial charge in [-0.25, -0.2) is 0 Å². The Kier molecular flexibility index (Phi) is 1.47. The molecule has 12 heavy (non-hydrogen) atoms. The molecule has 0 saturated heterocycles. The molecule has 0 radical (unpaired) electrons. The van der Waals surface area contributed by atoms with Gasteiger partial charge in [0.25, 0.3) is 5.56 Å². The first-order valence-electron chi connectivity index (χ1n) is 3.94. The van der Waals surface area contributed by atoms with E-state index in [9.17, 15) is 4.79 Å². The van der Waals surface area contributed by atoms with Gasteiger partial charge in [0.2, 0.25) is 0 Å². The Labute approximate surface area is 69.7 Å². The van der Waals surface area contributed by atoms with Crippen LogP contribution in [-0.4, -0.2) is 4.98 Å². The highest BCUT2D eigenvalue weighted by molar-refractivity contribution is 5.39. The zero-order valence-corrected chi connectivity index (χ0v) is 6.50. The number of H-pyrrole nitrogens is 1. The molecule has 1 fully saturated rings. The summed E-state index contributed by atoms with van der Waals surface area (Å²) in [4.78, 5) is 13.6. The van der Waals surface area contributed by atoms with Crippen molar-refractivity contribution in [1.82, 2.24) is 4.98 Å². The van der Waals surface area contributed by atoms with Gasteiger partial charge >= 0.3 is 0 Å². The normalized spacial score (nSPS) is 15.6. The monoisotopic (exact) mass is 160 g/mol. The lowest BCUT2D eigenvalue weighted by Gasteiger charge is -1.97. The van der Waals surface area contributed by atoms with Gasteiger partial charge in [-0.15, -0.1) is 0 Å².